The van der Waals surface area contributed by atoms with Crippen molar-refractivity contribution in [2.24, 2.45) is 0 Å². The monoisotopic (exact) mass is 210 g/mol. The third kappa shape index (κ3) is 22.6. The zero-order chi connectivity index (χ0) is 11.1. The Morgan fingerprint density at radius 1 is 0.500 bits per heavy atom. The second-order valence-electron chi connectivity index (χ2n) is 2.39. The standard InChI is InChI=1S/2C4H11NO2/c2*6-3-1-5-2-4-7/h2*5-7H,1-4H2. The second kappa shape index (κ2) is 18.5. The van der Waals surface area contributed by atoms with E-state index in [0.29, 0.717) is 26.2 Å². The van der Waals surface area contributed by atoms with Gasteiger partial charge >= 0.3 is 0 Å². The molecule has 6 nitrogen and oxygen atoms in total. The highest BCUT2D eigenvalue weighted by atomic mass is 16.3. The number of hydrogen-bond donors (Lipinski definition) is 6. The fourth-order valence-corrected chi connectivity index (χ4v) is 0.566. The van der Waals surface area contributed by atoms with E-state index in [1.807, 2.05) is 0 Å². The van der Waals surface area contributed by atoms with Crippen molar-refractivity contribution in [1.29, 1.82) is 0 Å². The van der Waals surface area contributed by atoms with Crippen molar-refractivity contribution in [3.63, 3.8) is 0 Å². The molecular weight excluding hydrogens is 188 g/mol. The van der Waals surface area contributed by atoms with Crippen LogP contribution in [0.3, 0.4) is 0 Å². The predicted octanol–water partition coefficient (Wildman–Crippen LogP) is -2.88. The minimum Gasteiger partial charge on any atom is -0.395 e. The van der Waals surface area contributed by atoms with Crippen LogP contribution in [-0.2, 0) is 0 Å². The number of aliphatic hydroxyl groups excluding tert-OH is 4. The lowest BCUT2D eigenvalue weighted by Crippen LogP contribution is -2.21. The van der Waals surface area contributed by atoms with Gasteiger partial charge in [0.2, 0.25) is 0 Å². The molecule has 14 heavy (non-hydrogen) atoms. The highest BCUT2D eigenvalue weighted by molar-refractivity contribution is 4.40. The van der Waals surface area contributed by atoms with Gasteiger partial charge in [-0.2, -0.15) is 0 Å². The van der Waals surface area contributed by atoms with E-state index in [0.717, 1.165) is 0 Å². The SMILES string of the molecule is OCCNCCO.OCCNCCO. The molecule has 0 aromatic rings. The maximum Gasteiger partial charge on any atom is 0.0555 e. The zero-order valence-corrected chi connectivity index (χ0v) is 8.45. The maximum absolute atomic E-state index is 8.15. The van der Waals surface area contributed by atoms with Gasteiger partial charge in [-0.15, -0.1) is 0 Å². The summed E-state index contributed by atoms with van der Waals surface area (Å²) in [6.45, 7) is 2.84. The van der Waals surface area contributed by atoms with Crippen molar-refractivity contribution in [3.8, 4) is 0 Å². The lowest BCUT2D eigenvalue weighted by Gasteiger charge is -1.94. The Bertz CT molecular complexity index is 67.7. The molecule has 0 atom stereocenters. The van der Waals surface area contributed by atoms with Crippen LogP contribution in [0.1, 0.15) is 0 Å². The summed E-state index contributed by atoms with van der Waals surface area (Å²) in [5.74, 6) is 0. The molecule has 0 rings (SSSR count). The molecule has 6 N–H and O–H groups in total. The van der Waals surface area contributed by atoms with Gasteiger partial charge in [0.1, 0.15) is 0 Å². The molecule has 0 fully saturated rings. The van der Waals surface area contributed by atoms with E-state index in [9.17, 15) is 0 Å². The summed E-state index contributed by atoms with van der Waals surface area (Å²) in [5.41, 5.74) is 0. The normalized spacial score (nSPS) is 9.43. The Morgan fingerprint density at radius 3 is 0.857 bits per heavy atom. The molecule has 0 unspecified atom stereocenters. The molecule has 0 bridgehead atoms. The molecule has 0 spiro atoms. The Kier molecular flexibility index (Phi) is 21.4. The highest BCUT2D eigenvalue weighted by Gasteiger charge is 1.78. The van der Waals surface area contributed by atoms with E-state index in [1.165, 1.54) is 0 Å². The van der Waals surface area contributed by atoms with Crippen molar-refractivity contribution in [3.05, 3.63) is 0 Å². The van der Waals surface area contributed by atoms with Gasteiger partial charge in [-0.1, -0.05) is 0 Å². The Hall–Kier alpha value is -0.240. The largest absolute Gasteiger partial charge is 0.395 e. The van der Waals surface area contributed by atoms with Crippen LogP contribution in [0.15, 0.2) is 0 Å². The van der Waals surface area contributed by atoms with Crippen LogP contribution in [-0.4, -0.2) is 73.0 Å². The summed E-state index contributed by atoms with van der Waals surface area (Å²) >= 11 is 0. The van der Waals surface area contributed by atoms with Crippen LogP contribution in [0.5, 0.6) is 0 Å². The lowest BCUT2D eigenvalue weighted by atomic mass is 10.6. The quantitative estimate of drug-likeness (QED) is 0.240. The summed E-state index contributed by atoms with van der Waals surface area (Å²) in [6, 6.07) is 0. The van der Waals surface area contributed by atoms with E-state index in [1.54, 1.807) is 0 Å². The molecule has 0 heterocycles. The molecule has 0 aromatic carbocycles. The first-order chi connectivity index (χ1) is 6.83. The van der Waals surface area contributed by atoms with Crippen LogP contribution < -0.4 is 10.6 Å². The van der Waals surface area contributed by atoms with Crippen LogP contribution in [0, 0.1) is 0 Å². The molecule has 0 aliphatic heterocycles. The first-order valence-corrected chi connectivity index (χ1v) is 4.68. The summed E-state index contributed by atoms with van der Waals surface area (Å²) in [4.78, 5) is 0. The fourth-order valence-electron chi connectivity index (χ4n) is 0.566. The molecule has 0 amide bonds. The Morgan fingerprint density at radius 2 is 0.714 bits per heavy atom. The number of nitrogens with one attached hydrogen (secondary N) is 2. The molecule has 0 aliphatic rings. The Balaban J connectivity index is 0. The highest BCUT2D eigenvalue weighted by Crippen LogP contribution is 1.54. The van der Waals surface area contributed by atoms with Crippen LogP contribution >= 0.6 is 0 Å². The molecule has 0 aromatic heterocycles. The number of rotatable bonds is 8. The molecule has 0 aliphatic carbocycles. The van der Waals surface area contributed by atoms with Crippen LogP contribution in [0.2, 0.25) is 0 Å². The second-order valence-corrected chi connectivity index (χ2v) is 2.39. The van der Waals surface area contributed by atoms with Gasteiger partial charge in [0, 0.05) is 26.2 Å². The molecule has 88 valence electrons. The first-order valence-electron chi connectivity index (χ1n) is 4.68. The van der Waals surface area contributed by atoms with Crippen molar-refractivity contribution in [2.75, 3.05) is 52.6 Å². The van der Waals surface area contributed by atoms with Crippen molar-refractivity contribution < 1.29 is 20.4 Å². The average Bonchev–Trinajstić information content (AvgIpc) is 2.21. The summed E-state index contributed by atoms with van der Waals surface area (Å²) in [6.07, 6.45) is 0. The van der Waals surface area contributed by atoms with Gasteiger partial charge in [-0.05, 0) is 0 Å². The lowest BCUT2D eigenvalue weighted by molar-refractivity contribution is 0.266. The molecule has 0 saturated carbocycles. The van der Waals surface area contributed by atoms with E-state index in [4.69, 9.17) is 20.4 Å². The smallest absolute Gasteiger partial charge is 0.0555 e. The maximum atomic E-state index is 8.15. The average molecular weight is 210 g/mol. The van der Waals surface area contributed by atoms with Gasteiger partial charge in [0.25, 0.3) is 0 Å². The van der Waals surface area contributed by atoms with Crippen molar-refractivity contribution in [2.45, 2.75) is 0 Å². The van der Waals surface area contributed by atoms with Crippen LogP contribution in [0.4, 0.5) is 0 Å². The van der Waals surface area contributed by atoms with E-state index < -0.39 is 0 Å². The first kappa shape index (κ1) is 16.2. The van der Waals surface area contributed by atoms with Gasteiger partial charge in [0.05, 0.1) is 26.4 Å². The van der Waals surface area contributed by atoms with Crippen molar-refractivity contribution in [1.82, 2.24) is 10.6 Å². The molecular formula is C8H22N2O4. The topological polar surface area (TPSA) is 105 Å². The van der Waals surface area contributed by atoms with Gasteiger partial charge in [-0.3, -0.25) is 0 Å². The van der Waals surface area contributed by atoms with E-state index in [-0.39, 0.29) is 26.4 Å². The zero-order valence-electron chi connectivity index (χ0n) is 8.45. The van der Waals surface area contributed by atoms with E-state index in [2.05, 4.69) is 10.6 Å². The minimum atomic E-state index is 0.139. The summed E-state index contributed by atoms with van der Waals surface area (Å²) in [7, 11) is 0. The summed E-state index contributed by atoms with van der Waals surface area (Å²) < 4.78 is 0. The minimum absolute atomic E-state index is 0.139. The molecule has 0 radical (unpaired) electrons. The Labute approximate surface area is 84.6 Å². The van der Waals surface area contributed by atoms with Crippen molar-refractivity contribution >= 4 is 0 Å². The van der Waals surface area contributed by atoms with Gasteiger partial charge in [-0.25, -0.2) is 0 Å². The van der Waals surface area contributed by atoms with Gasteiger partial charge in [0.15, 0.2) is 0 Å². The summed E-state index contributed by atoms with van der Waals surface area (Å²) in [5, 5.41) is 38.2. The predicted molar refractivity (Wildman–Crippen MR) is 54.1 cm³/mol. The van der Waals surface area contributed by atoms with Gasteiger partial charge < -0.3 is 31.1 Å². The number of aliphatic hydroxyl groups is 4. The third-order valence-electron chi connectivity index (χ3n) is 1.15. The van der Waals surface area contributed by atoms with E-state index >= 15 is 0 Å². The fraction of sp³-hybridized carbons (Fsp3) is 1.00. The number of hydrogen-bond acceptors (Lipinski definition) is 6. The van der Waals surface area contributed by atoms with Crippen LogP contribution in [0.25, 0.3) is 0 Å². The molecule has 6 heteroatoms. The third-order valence-corrected chi connectivity index (χ3v) is 1.15. The molecule has 0 saturated heterocycles.